The van der Waals surface area contributed by atoms with Crippen LogP contribution in [0.15, 0.2) is 6.07 Å². The fraction of sp³-hybridized carbons (Fsp3) is 0.786. The van der Waals surface area contributed by atoms with E-state index in [0.717, 1.165) is 42.6 Å². The lowest BCUT2D eigenvalue weighted by atomic mass is 9.67. The van der Waals surface area contributed by atoms with E-state index >= 15 is 0 Å². The van der Waals surface area contributed by atoms with Gasteiger partial charge < -0.3 is 9.84 Å². The number of fused-ring (bicyclic) bond motifs is 1. The molecule has 1 aromatic rings. The average Bonchev–Trinajstić information content (AvgIpc) is 2.53. The zero-order valence-corrected chi connectivity index (χ0v) is 21.6. The number of hydrogen-bond donors (Lipinski definition) is 1. The first-order valence-electron chi connectivity index (χ1n) is 12.2. The van der Waals surface area contributed by atoms with Crippen LogP contribution in [0.2, 0.25) is 0 Å². The summed E-state index contributed by atoms with van der Waals surface area (Å²) in [6.45, 7) is 22.9. The fourth-order valence-electron chi connectivity index (χ4n) is 6.34. The van der Waals surface area contributed by atoms with Gasteiger partial charge in [-0.05, 0) is 78.9 Å². The average molecular weight is 417 g/mol. The highest BCUT2D eigenvalue weighted by molar-refractivity contribution is 5.56. The fourth-order valence-corrected chi connectivity index (χ4v) is 6.34. The molecule has 1 heterocycles. The van der Waals surface area contributed by atoms with Crippen LogP contribution in [-0.2, 0) is 11.8 Å². The van der Waals surface area contributed by atoms with E-state index in [1.165, 1.54) is 31.2 Å². The summed E-state index contributed by atoms with van der Waals surface area (Å²) in [6, 6.07) is 1.97. The number of aromatic hydroxyl groups is 1. The minimum Gasteiger partial charge on any atom is -0.508 e. The van der Waals surface area contributed by atoms with E-state index in [4.69, 9.17) is 4.74 Å². The third kappa shape index (κ3) is 5.74. The zero-order valence-electron chi connectivity index (χ0n) is 21.6. The summed E-state index contributed by atoms with van der Waals surface area (Å²) in [5.41, 5.74) is 3.59. The van der Waals surface area contributed by atoms with Crippen molar-refractivity contribution in [3.05, 3.63) is 22.8 Å². The maximum Gasteiger partial charge on any atom is 0.126 e. The van der Waals surface area contributed by atoms with Crippen LogP contribution in [0.4, 0.5) is 0 Å². The van der Waals surface area contributed by atoms with Crippen LogP contribution < -0.4 is 4.74 Å². The predicted octanol–water partition coefficient (Wildman–Crippen LogP) is 8.49. The van der Waals surface area contributed by atoms with Crippen molar-refractivity contribution in [3.8, 4) is 11.5 Å². The first kappa shape index (κ1) is 25.1. The molecule has 2 heteroatoms. The van der Waals surface area contributed by atoms with Gasteiger partial charge in [0.25, 0.3) is 0 Å². The Morgan fingerprint density at radius 1 is 0.933 bits per heavy atom. The maximum atomic E-state index is 10.8. The van der Waals surface area contributed by atoms with E-state index in [-0.39, 0.29) is 21.8 Å². The molecule has 172 valence electrons. The van der Waals surface area contributed by atoms with Gasteiger partial charge in [0.05, 0.1) is 0 Å². The standard InChI is InChI=1S/C28H48O2/c1-11-14-26(7,8)18-28(19-27(9,10)15-12-2)16-13-21-17-22(29)23(25(4,5)6)20(3)24(21)30-28/h17,29H,11-16,18-19H2,1-10H3. The van der Waals surface area contributed by atoms with Crippen molar-refractivity contribution in [2.45, 2.75) is 132 Å². The summed E-state index contributed by atoms with van der Waals surface area (Å²) in [6.07, 6.45) is 9.06. The van der Waals surface area contributed by atoms with Crippen molar-refractivity contribution in [1.82, 2.24) is 0 Å². The monoisotopic (exact) mass is 416 g/mol. The van der Waals surface area contributed by atoms with E-state index < -0.39 is 0 Å². The van der Waals surface area contributed by atoms with E-state index in [0.29, 0.717) is 5.75 Å². The molecule has 0 amide bonds. The second-order valence-electron chi connectivity index (χ2n) is 12.6. The number of phenolic OH excluding ortho intramolecular Hbond substituents is 1. The molecule has 0 aromatic heterocycles. The second-order valence-corrected chi connectivity index (χ2v) is 12.6. The van der Waals surface area contributed by atoms with Gasteiger partial charge in [0.15, 0.2) is 0 Å². The third-order valence-electron chi connectivity index (χ3n) is 6.95. The molecule has 1 N–H and O–H groups in total. The van der Waals surface area contributed by atoms with Crippen molar-refractivity contribution in [2.75, 3.05) is 0 Å². The van der Waals surface area contributed by atoms with Gasteiger partial charge in [0.1, 0.15) is 17.1 Å². The highest BCUT2D eigenvalue weighted by Gasteiger charge is 2.45. The lowest BCUT2D eigenvalue weighted by Crippen LogP contribution is -2.46. The van der Waals surface area contributed by atoms with Gasteiger partial charge in [-0.3, -0.25) is 0 Å². The molecule has 0 atom stereocenters. The van der Waals surface area contributed by atoms with Gasteiger partial charge in [-0.1, -0.05) is 75.2 Å². The van der Waals surface area contributed by atoms with Gasteiger partial charge in [-0.2, -0.15) is 0 Å². The Kier molecular flexibility index (Phi) is 7.32. The quantitative estimate of drug-likeness (QED) is 0.460. The number of benzene rings is 1. The largest absolute Gasteiger partial charge is 0.508 e. The van der Waals surface area contributed by atoms with Crippen LogP contribution in [-0.4, -0.2) is 10.7 Å². The van der Waals surface area contributed by atoms with Crippen molar-refractivity contribution in [2.24, 2.45) is 10.8 Å². The summed E-state index contributed by atoms with van der Waals surface area (Å²) < 4.78 is 7.09. The molecule has 0 radical (unpaired) electrons. The number of rotatable bonds is 8. The Bertz CT molecular complexity index is 714. The highest BCUT2D eigenvalue weighted by atomic mass is 16.5. The number of phenols is 1. The van der Waals surface area contributed by atoms with Crippen molar-refractivity contribution >= 4 is 0 Å². The second kappa shape index (κ2) is 8.75. The summed E-state index contributed by atoms with van der Waals surface area (Å²) in [5.74, 6) is 1.47. The van der Waals surface area contributed by atoms with E-state index in [1.54, 1.807) is 0 Å². The summed E-state index contributed by atoms with van der Waals surface area (Å²) in [5, 5.41) is 10.8. The molecule has 1 aliphatic rings. The molecule has 0 bridgehead atoms. The lowest BCUT2D eigenvalue weighted by molar-refractivity contribution is -0.0341. The van der Waals surface area contributed by atoms with Gasteiger partial charge in [-0.15, -0.1) is 0 Å². The van der Waals surface area contributed by atoms with Gasteiger partial charge in [-0.25, -0.2) is 0 Å². The molecule has 1 aromatic carbocycles. The Morgan fingerprint density at radius 2 is 1.43 bits per heavy atom. The molecule has 0 unspecified atom stereocenters. The molecule has 0 saturated heterocycles. The van der Waals surface area contributed by atoms with Gasteiger partial charge in [0.2, 0.25) is 0 Å². The summed E-state index contributed by atoms with van der Waals surface area (Å²) >= 11 is 0. The first-order chi connectivity index (χ1) is 13.7. The number of hydrogen-bond acceptors (Lipinski definition) is 2. The summed E-state index contributed by atoms with van der Waals surface area (Å²) in [4.78, 5) is 0. The minimum atomic E-state index is -0.138. The van der Waals surface area contributed by atoms with Crippen LogP contribution in [0.25, 0.3) is 0 Å². The molecule has 2 nitrogen and oxygen atoms in total. The first-order valence-corrected chi connectivity index (χ1v) is 12.2. The maximum absolute atomic E-state index is 10.8. The molecule has 2 rings (SSSR count). The third-order valence-corrected chi connectivity index (χ3v) is 6.95. The molecule has 0 saturated carbocycles. The number of ether oxygens (including phenoxy) is 1. The van der Waals surface area contributed by atoms with Crippen LogP contribution in [0.1, 0.15) is 124 Å². The van der Waals surface area contributed by atoms with Crippen molar-refractivity contribution in [3.63, 3.8) is 0 Å². The smallest absolute Gasteiger partial charge is 0.126 e. The minimum absolute atomic E-state index is 0.115. The topological polar surface area (TPSA) is 29.5 Å². The Labute approximate surface area is 186 Å². The highest BCUT2D eigenvalue weighted by Crippen LogP contribution is 2.51. The van der Waals surface area contributed by atoms with E-state index in [2.05, 4.69) is 69.2 Å². The SMILES string of the molecule is CCCC(C)(C)CC1(CC(C)(C)CCC)CCc2cc(O)c(C(C)(C)C)c(C)c2O1. The lowest BCUT2D eigenvalue weighted by Gasteiger charge is -2.48. The molecule has 0 aliphatic carbocycles. The van der Waals surface area contributed by atoms with E-state index in [9.17, 15) is 5.11 Å². The van der Waals surface area contributed by atoms with Gasteiger partial charge in [0, 0.05) is 5.56 Å². The van der Waals surface area contributed by atoms with E-state index in [1.807, 2.05) is 6.07 Å². The van der Waals surface area contributed by atoms with Crippen molar-refractivity contribution in [1.29, 1.82) is 0 Å². The van der Waals surface area contributed by atoms with Crippen LogP contribution in [0.5, 0.6) is 11.5 Å². The normalized spacial score (nSPS) is 16.9. The Hall–Kier alpha value is -1.18. The molecule has 0 fully saturated rings. The van der Waals surface area contributed by atoms with Crippen LogP contribution >= 0.6 is 0 Å². The Morgan fingerprint density at radius 3 is 1.87 bits per heavy atom. The molecular weight excluding hydrogens is 368 g/mol. The number of aryl methyl sites for hydroxylation is 1. The van der Waals surface area contributed by atoms with Crippen LogP contribution in [0, 0.1) is 17.8 Å². The molecule has 30 heavy (non-hydrogen) atoms. The van der Waals surface area contributed by atoms with Crippen molar-refractivity contribution < 1.29 is 9.84 Å². The Balaban J connectivity index is 2.54. The predicted molar refractivity (Wildman–Crippen MR) is 130 cm³/mol. The molecule has 1 aliphatic heterocycles. The zero-order chi connectivity index (χ0) is 23.0. The molecule has 0 spiro atoms. The molecular formula is C28H48O2. The van der Waals surface area contributed by atoms with Crippen LogP contribution in [0.3, 0.4) is 0 Å². The summed E-state index contributed by atoms with van der Waals surface area (Å²) in [7, 11) is 0. The van der Waals surface area contributed by atoms with Gasteiger partial charge >= 0.3 is 0 Å².